The number of hydrogen-bond donors (Lipinski definition) is 0. The van der Waals surface area contributed by atoms with Gasteiger partial charge in [-0.1, -0.05) is 60.1 Å². The molecule has 0 atom stereocenters. The minimum Gasteiger partial charge on any atom is -0.545 e. The standard InChI is InChI=1S/C19H18BrNO2.Na/c1-12(2)17-11-21(18-9-15(20)7-8-16(17)18)10-13-3-5-14(6-4-13)19(22)23;/h3-9,11-12H,10H2,1-2H3,(H,22,23);/q;+1/p-1. The minimum atomic E-state index is -1.14. The molecule has 3 rings (SSSR count). The fraction of sp³-hybridized carbons (Fsp3) is 0.211. The number of fused-ring (bicyclic) bond motifs is 1. The third kappa shape index (κ3) is 3.94. The number of carbonyl (C=O) groups excluding carboxylic acids is 1. The summed E-state index contributed by atoms with van der Waals surface area (Å²) in [5.74, 6) is -0.700. The summed E-state index contributed by atoms with van der Waals surface area (Å²) >= 11 is 3.54. The molecule has 0 aliphatic rings. The van der Waals surface area contributed by atoms with Crippen molar-refractivity contribution in [2.45, 2.75) is 26.3 Å². The van der Waals surface area contributed by atoms with Crippen LogP contribution in [0.3, 0.4) is 0 Å². The van der Waals surface area contributed by atoms with Crippen molar-refractivity contribution in [2.75, 3.05) is 0 Å². The van der Waals surface area contributed by atoms with Crippen LogP contribution in [0.15, 0.2) is 53.1 Å². The first-order valence-electron chi connectivity index (χ1n) is 7.54. The zero-order valence-electron chi connectivity index (χ0n) is 14.0. The molecule has 0 aliphatic carbocycles. The molecule has 0 bridgehead atoms. The Morgan fingerprint density at radius 3 is 2.42 bits per heavy atom. The van der Waals surface area contributed by atoms with Crippen molar-refractivity contribution in [3.05, 3.63) is 69.8 Å². The summed E-state index contributed by atoms with van der Waals surface area (Å²) < 4.78 is 3.26. The van der Waals surface area contributed by atoms with Crippen molar-refractivity contribution < 1.29 is 39.5 Å². The Labute approximate surface area is 172 Å². The minimum absolute atomic E-state index is 0. The van der Waals surface area contributed by atoms with Crippen LogP contribution < -0.4 is 34.7 Å². The maximum atomic E-state index is 10.8. The van der Waals surface area contributed by atoms with Gasteiger partial charge in [0.2, 0.25) is 0 Å². The van der Waals surface area contributed by atoms with Gasteiger partial charge in [0.05, 0.1) is 5.97 Å². The van der Waals surface area contributed by atoms with E-state index in [0.29, 0.717) is 12.5 Å². The van der Waals surface area contributed by atoms with Crippen LogP contribution in [0.25, 0.3) is 10.9 Å². The Balaban J connectivity index is 0.00000208. The molecule has 2 aromatic carbocycles. The molecule has 24 heavy (non-hydrogen) atoms. The van der Waals surface area contributed by atoms with Gasteiger partial charge in [0.25, 0.3) is 0 Å². The second-order valence-electron chi connectivity index (χ2n) is 6.01. The molecule has 3 nitrogen and oxygen atoms in total. The SMILES string of the molecule is CC(C)c1cn(Cc2ccc(C(=O)[O-])cc2)c2cc(Br)ccc12.[Na+]. The van der Waals surface area contributed by atoms with Crippen LogP contribution in [-0.2, 0) is 6.54 Å². The molecule has 0 saturated heterocycles. The fourth-order valence-electron chi connectivity index (χ4n) is 2.83. The number of aromatic carboxylic acids is 1. The number of rotatable bonds is 4. The molecule has 0 aliphatic heterocycles. The van der Waals surface area contributed by atoms with Gasteiger partial charge in [-0.25, -0.2) is 0 Å². The van der Waals surface area contributed by atoms with Gasteiger partial charge >= 0.3 is 29.6 Å². The van der Waals surface area contributed by atoms with Crippen molar-refractivity contribution in [3.63, 3.8) is 0 Å². The third-order valence-electron chi connectivity index (χ3n) is 4.04. The van der Waals surface area contributed by atoms with Crippen LogP contribution in [-0.4, -0.2) is 10.5 Å². The van der Waals surface area contributed by atoms with Crippen LogP contribution in [0.1, 0.15) is 41.3 Å². The molecule has 0 fully saturated rings. The van der Waals surface area contributed by atoms with E-state index in [9.17, 15) is 9.90 Å². The second kappa shape index (κ2) is 7.87. The Bertz CT molecular complexity index is 869. The Hall–Kier alpha value is -1.07. The number of carbonyl (C=O) groups is 1. The monoisotopic (exact) mass is 393 g/mol. The number of benzene rings is 2. The Morgan fingerprint density at radius 2 is 1.83 bits per heavy atom. The van der Waals surface area contributed by atoms with E-state index >= 15 is 0 Å². The normalized spacial score (nSPS) is 10.8. The molecule has 0 amide bonds. The number of aromatic nitrogens is 1. The Kier molecular flexibility index (Phi) is 6.32. The summed E-state index contributed by atoms with van der Waals surface area (Å²) in [4.78, 5) is 10.8. The molecule has 118 valence electrons. The molecule has 0 unspecified atom stereocenters. The largest absolute Gasteiger partial charge is 1.00 e. The van der Waals surface area contributed by atoms with Gasteiger partial charge < -0.3 is 14.5 Å². The van der Waals surface area contributed by atoms with Crippen LogP contribution in [0.2, 0.25) is 0 Å². The summed E-state index contributed by atoms with van der Waals surface area (Å²) in [6, 6.07) is 13.2. The molecule has 0 radical (unpaired) electrons. The number of carboxylic acids is 1. The number of halogens is 1. The summed E-state index contributed by atoms with van der Waals surface area (Å²) in [5.41, 5.74) is 3.75. The molecule has 0 N–H and O–H groups in total. The maximum absolute atomic E-state index is 10.8. The zero-order valence-corrected chi connectivity index (χ0v) is 17.6. The molecule has 5 heteroatoms. The first kappa shape index (κ1) is 19.3. The van der Waals surface area contributed by atoms with Crippen LogP contribution in [0.5, 0.6) is 0 Å². The van der Waals surface area contributed by atoms with Crippen molar-refractivity contribution in [1.82, 2.24) is 4.57 Å². The number of carboxylic acid groups (broad SMARTS) is 1. The van der Waals surface area contributed by atoms with E-state index in [4.69, 9.17) is 0 Å². The van der Waals surface area contributed by atoms with Crippen molar-refractivity contribution in [3.8, 4) is 0 Å². The predicted molar refractivity (Wildman–Crippen MR) is 93.6 cm³/mol. The molecule has 0 saturated carbocycles. The topological polar surface area (TPSA) is 45.1 Å². The van der Waals surface area contributed by atoms with E-state index in [2.05, 4.69) is 58.7 Å². The fourth-order valence-corrected chi connectivity index (χ4v) is 3.18. The molecular weight excluding hydrogens is 377 g/mol. The van der Waals surface area contributed by atoms with Gasteiger partial charge in [0.15, 0.2) is 0 Å². The van der Waals surface area contributed by atoms with E-state index in [1.54, 1.807) is 12.1 Å². The third-order valence-corrected chi connectivity index (χ3v) is 4.53. The van der Waals surface area contributed by atoms with Gasteiger partial charge in [-0.05, 0) is 34.7 Å². The van der Waals surface area contributed by atoms with E-state index in [1.165, 1.54) is 16.5 Å². The second-order valence-corrected chi connectivity index (χ2v) is 6.93. The van der Waals surface area contributed by atoms with Crippen LogP contribution in [0, 0.1) is 0 Å². The number of nitrogens with zero attached hydrogens (tertiary/aromatic N) is 1. The zero-order chi connectivity index (χ0) is 16.6. The van der Waals surface area contributed by atoms with E-state index in [-0.39, 0.29) is 35.1 Å². The molecule has 1 heterocycles. The van der Waals surface area contributed by atoms with Crippen LogP contribution in [0.4, 0.5) is 0 Å². The van der Waals surface area contributed by atoms with Gasteiger partial charge in [0.1, 0.15) is 0 Å². The van der Waals surface area contributed by atoms with E-state index in [0.717, 1.165) is 10.0 Å². The average Bonchev–Trinajstić information content (AvgIpc) is 2.86. The number of hydrogen-bond acceptors (Lipinski definition) is 2. The van der Waals surface area contributed by atoms with Crippen molar-refractivity contribution in [1.29, 1.82) is 0 Å². The quantitative estimate of drug-likeness (QED) is 0.619. The average molecular weight is 394 g/mol. The first-order chi connectivity index (χ1) is 11.0. The van der Waals surface area contributed by atoms with Gasteiger partial charge in [-0.3, -0.25) is 0 Å². The van der Waals surface area contributed by atoms with Crippen molar-refractivity contribution in [2.24, 2.45) is 0 Å². The van der Waals surface area contributed by atoms with Gasteiger partial charge in [-0.2, -0.15) is 0 Å². The summed E-state index contributed by atoms with van der Waals surface area (Å²) in [5, 5.41) is 12.1. The summed E-state index contributed by atoms with van der Waals surface area (Å²) in [6.07, 6.45) is 2.19. The van der Waals surface area contributed by atoms with E-state index in [1.807, 2.05) is 12.1 Å². The first-order valence-corrected chi connectivity index (χ1v) is 8.33. The van der Waals surface area contributed by atoms with E-state index < -0.39 is 5.97 Å². The van der Waals surface area contributed by atoms with Crippen molar-refractivity contribution >= 4 is 32.8 Å². The molecule has 1 aromatic heterocycles. The van der Waals surface area contributed by atoms with Gasteiger partial charge in [-0.15, -0.1) is 0 Å². The summed E-state index contributed by atoms with van der Waals surface area (Å²) in [7, 11) is 0. The Morgan fingerprint density at radius 1 is 1.17 bits per heavy atom. The molecule has 0 spiro atoms. The maximum Gasteiger partial charge on any atom is 1.00 e. The van der Waals surface area contributed by atoms with Gasteiger partial charge in [0, 0.05) is 28.1 Å². The smallest absolute Gasteiger partial charge is 0.545 e. The summed E-state index contributed by atoms with van der Waals surface area (Å²) in [6.45, 7) is 5.08. The predicted octanol–water partition coefficient (Wildman–Crippen LogP) is 0.943. The molecule has 3 aromatic rings. The molecular formula is C19H17BrNNaO2. The van der Waals surface area contributed by atoms with Crippen LogP contribution >= 0.6 is 15.9 Å².